The smallest absolute Gasteiger partial charge is 0.297 e. The first-order valence-corrected chi connectivity index (χ1v) is 7.66. The second-order valence-electron chi connectivity index (χ2n) is 5.45. The highest BCUT2D eigenvalue weighted by molar-refractivity contribution is 6.32. The number of rotatable bonds is 2. The standard InChI is InChI=1S/C16H17ClN2O2/c17-14-13(11-7-3-1-4-8-11)15(20)19(16(21)18-14)12-9-5-2-6-10-12/h1,3-4,7-8,12H,2,5-6,9-10H2,(H,18,21). The Morgan fingerprint density at radius 1 is 1.05 bits per heavy atom. The fourth-order valence-electron chi connectivity index (χ4n) is 3.05. The summed E-state index contributed by atoms with van der Waals surface area (Å²) < 4.78 is 1.35. The molecule has 1 aliphatic carbocycles. The first-order chi connectivity index (χ1) is 10.2. The Hall–Kier alpha value is -1.81. The molecular formula is C16H17ClN2O2. The summed E-state index contributed by atoms with van der Waals surface area (Å²) in [5, 5.41) is 0.114. The van der Waals surface area contributed by atoms with E-state index in [0.717, 1.165) is 31.2 Å². The Kier molecular flexibility index (Phi) is 3.97. The van der Waals surface area contributed by atoms with Gasteiger partial charge in [-0.1, -0.05) is 61.2 Å². The number of hydrogen-bond acceptors (Lipinski definition) is 2. The molecule has 1 fully saturated rings. The van der Waals surface area contributed by atoms with E-state index in [0.29, 0.717) is 5.56 Å². The minimum atomic E-state index is -0.406. The number of benzene rings is 1. The summed E-state index contributed by atoms with van der Waals surface area (Å²) in [4.78, 5) is 27.6. The Morgan fingerprint density at radius 2 is 1.71 bits per heavy atom. The van der Waals surface area contributed by atoms with Crippen molar-refractivity contribution < 1.29 is 0 Å². The van der Waals surface area contributed by atoms with Gasteiger partial charge in [-0.15, -0.1) is 0 Å². The van der Waals surface area contributed by atoms with Crippen LogP contribution in [0.15, 0.2) is 39.9 Å². The average Bonchev–Trinajstić information content (AvgIpc) is 2.49. The van der Waals surface area contributed by atoms with Crippen LogP contribution in [0.5, 0.6) is 0 Å². The fourth-order valence-corrected chi connectivity index (χ4v) is 3.32. The largest absolute Gasteiger partial charge is 0.329 e. The second kappa shape index (κ2) is 5.90. The molecule has 21 heavy (non-hydrogen) atoms. The van der Waals surface area contributed by atoms with Crippen molar-refractivity contribution in [3.8, 4) is 11.1 Å². The molecule has 1 N–H and O–H groups in total. The van der Waals surface area contributed by atoms with Crippen molar-refractivity contribution in [3.63, 3.8) is 0 Å². The van der Waals surface area contributed by atoms with Gasteiger partial charge in [0.1, 0.15) is 5.15 Å². The van der Waals surface area contributed by atoms with Crippen molar-refractivity contribution in [1.82, 2.24) is 9.55 Å². The van der Waals surface area contributed by atoms with Gasteiger partial charge in [-0.2, -0.15) is 0 Å². The lowest BCUT2D eigenvalue weighted by molar-refractivity contribution is 0.336. The van der Waals surface area contributed by atoms with Gasteiger partial charge >= 0.3 is 5.69 Å². The predicted octanol–water partition coefficient (Wildman–Crippen LogP) is 3.36. The number of aromatic nitrogens is 2. The maximum atomic E-state index is 12.8. The van der Waals surface area contributed by atoms with E-state index in [1.165, 1.54) is 11.0 Å². The Bertz CT molecular complexity index is 743. The van der Waals surface area contributed by atoms with E-state index in [-0.39, 0.29) is 16.8 Å². The molecule has 2 aromatic rings. The van der Waals surface area contributed by atoms with Gasteiger partial charge in [0, 0.05) is 6.04 Å². The van der Waals surface area contributed by atoms with Crippen LogP contribution in [0.1, 0.15) is 38.1 Å². The summed E-state index contributed by atoms with van der Waals surface area (Å²) >= 11 is 6.11. The fraction of sp³-hybridized carbons (Fsp3) is 0.375. The monoisotopic (exact) mass is 304 g/mol. The van der Waals surface area contributed by atoms with Gasteiger partial charge in [-0.25, -0.2) is 4.79 Å². The Balaban J connectivity index is 2.18. The molecule has 0 saturated heterocycles. The van der Waals surface area contributed by atoms with Gasteiger partial charge in [0.25, 0.3) is 5.56 Å². The van der Waals surface area contributed by atoms with Gasteiger partial charge in [-0.05, 0) is 18.4 Å². The number of halogens is 1. The molecule has 1 saturated carbocycles. The van der Waals surface area contributed by atoms with Crippen molar-refractivity contribution in [2.75, 3.05) is 0 Å². The van der Waals surface area contributed by atoms with Crippen molar-refractivity contribution in [2.24, 2.45) is 0 Å². The Labute approximate surface area is 127 Å². The van der Waals surface area contributed by atoms with Crippen LogP contribution in [0.3, 0.4) is 0 Å². The van der Waals surface area contributed by atoms with E-state index >= 15 is 0 Å². The molecule has 5 heteroatoms. The predicted molar refractivity (Wildman–Crippen MR) is 83.9 cm³/mol. The molecule has 110 valence electrons. The van der Waals surface area contributed by atoms with Crippen molar-refractivity contribution in [2.45, 2.75) is 38.1 Å². The summed E-state index contributed by atoms with van der Waals surface area (Å²) in [5.41, 5.74) is 0.411. The summed E-state index contributed by atoms with van der Waals surface area (Å²) in [6.45, 7) is 0. The van der Waals surface area contributed by atoms with Crippen LogP contribution in [0, 0.1) is 0 Å². The van der Waals surface area contributed by atoms with E-state index in [1.807, 2.05) is 30.3 Å². The number of hydrogen-bond donors (Lipinski definition) is 1. The maximum Gasteiger partial charge on any atom is 0.329 e. The van der Waals surface area contributed by atoms with Crippen LogP contribution in [-0.4, -0.2) is 9.55 Å². The summed E-state index contributed by atoms with van der Waals surface area (Å²) in [7, 11) is 0. The van der Waals surface area contributed by atoms with Crippen LogP contribution in [0.2, 0.25) is 5.15 Å². The van der Waals surface area contributed by atoms with Gasteiger partial charge < -0.3 is 0 Å². The molecule has 4 nitrogen and oxygen atoms in total. The molecule has 0 bridgehead atoms. The molecular weight excluding hydrogens is 288 g/mol. The van der Waals surface area contributed by atoms with E-state index < -0.39 is 5.69 Å². The highest BCUT2D eigenvalue weighted by Gasteiger charge is 2.22. The quantitative estimate of drug-likeness (QED) is 0.865. The third kappa shape index (κ3) is 2.68. The zero-order valence-electron chi connectivity index (χ0n) is 11.6. The first kappa shape index (κ1) is 14.1. The van der Waals surface area contributed by atoms with Crippen LogP contribution < -0.4 is 11.2 Å². The lowest BCUT2D eigenvalue weighted by atomic mass is 9.95. The zero-order valence-corrected chi connectivity index (χ0v) is 12.4. The molecule has 0 radical (unpaired) electrons. The molecule has 1 aromatic heterocycles. The van der Waals surface area contributed by atoms with Crippen LogP contribution in [0.4, 0.5) is 0 Å². The van der Waals surface area contributed by atoms with Crippen molar-refractivity contribution >= 4 is 11.6 Å². The molecule has 1 aliphatic rings. The van der Waals surface area contributed by atoms with E-state index in [1.54, 1.807) is 0 Å². The normalized spacial score (nSPS) is 16.0. The van der Waals surface area contributed by atoms with Gasteiger partial charge in [0.2, 0.25) is 0 Å². The molecule has 1 heterocycles. The number of nitrogens with zero attached hydrogens (tertiary/aromatic N) is 1. The molecule has 0 atom stereocenters. The van der Waals surface area contributed by atoms with Gasteiger partial charge in [-0.3, -0.25) is 14.3 Å². The molecule has 3 rings (SSSR count). The van der Waals surface area contributed by atoms with Crippen LogP contribution >= 0.6 is 11.6 Å². The molecule has 0 spiro atoms. The number of aromatic amines is 1. The van der Waals surface area contributed by atoms with E-state index in [4.69, 9.17) is 11.6 Å². The molecule has 0 aliphatic heterocycles. The maximum absolute atomic E-state index is 12.8. The number of nitrogens with one attached hydrogen (secondary N) is 1. The minimum absolute atomic E-state index is 0.0188. The van der Waals surface area contributed by atoms with Crippen LogP contribution in [0.25, 0.3) is 11.1 Å². The zero-order chi connectivity index (χ0) is 14.8. The molecule has 0 amide bonds. The lowest BCUT2D eigenvalue weighted by Crippen LogP contribution is -2.39. The lowest BCUT2D eigenvalue weighted by Gasteiger charge is -2.23. The summed E-state index contributed by atoms with van der Waals surface area (Å²) in [6.07, 6.45) is 5.03. The van der Waals surface area contributed by atoms with Gasteiger partial charge in [0.15, 0.2) is 0 Å². The van der Waals surface area contributed by atoms with Crippen molar-refractivity contribution in [1.29, 1.82) is 0 Å². The summed E-state index contributed by atoms with van der Waals surface area (Å²) in [5.74, 6) is 0. The highest BCUT2D eigenvalue weighted by Crippen LogP contribution is 2.27. The SMILES string of the molecule is O=c1[nH]c(Cl)c(-c2ccccc2)c(=O)n1C1CCCCC1. The first-order valence-electron chi connectivity index (χ1n) is 7.28. The topological polar surface area (TPSA) is 54.9 Å². The second-order valence-corrected chi connectivity index (χ2v) is 5.83. The third-order valence-electron chi connectivity index (χ3n) is 4.09. The van der Waals surface area contributed by atoms with Crippen molar-refractivity contribution in [3.05, 3.63) is 56.3 Å². The average molecular weight is 305 g/mol. The van der Waals surface area contributed by atoms with E-state index in [9.17, 15) is 9.59 Å². The van der Waals surface area contributed by atoms with E-state index in [2.05, 4.69) is 4.98 Å². The minimum Gasteiger partial charge on any atom is -0.297 e. The third-order valence-corrected chi connectivity index (χ3v) is 4.37. The number of H-pyrrole nitrogens is 1. The molecule has 0 unspecified atom stereocenters. The summed E-state index contributed by atoms with van der Waals surface area (Å²) in [6, 6.07) is 9.21. The molecule has 1 aromatic carbocycles. The van der Waals surface area contributed by atoms with Gasteiger partial charge in [0.05, 0.1) is 5.56 Å². The Morgan fingerprint density at radius 3 is 2.38 bits per heavy atom. The van der Waals surface area contributed by atoms with Crippen LogP contribution in [-0.2, 0) is 0 Å². The highest BCUT2D eigenvalue weighted by atomic mass is 35.5.